The molecular weight excluding hydrogens is 448 g/mol. The molecule has 4 aromatic carbocycles. The van der Waals surface area contributed by atoms with Crippen molar-refractivity contribution in [2.24, 2.45) is 0 Å². The van der Waals surface area contributed by atoms with Gasteiger partial charge in [-0.2, -0.15) is 0 Å². The first-order chi connectivity index (χ1) is 16.8. The largest absolute Gasteiger partial charge is 0.508 e. The van der Waals surface area contributed by atoms with Crippen molar-refractivity contribution in [1.29, 1.82) is 0 Å². The zero-order valence-electron chi connectivity index (χ0n) is 18.3. The number of fused-ring (bicyclic) bond motifs is 1. The summed E-state index contributed by atoms with van der Waals surface area (Å²) in [6.45, 7) is 0. The first kappa shape index (κ1) is 22.0. The number of benzene rings is 4. The van der Waals surface area contributed by atoms with Gasteiger partial charge in [0.15, 0.2) is 0 Å². The Morgan fingerprint density at radius 2 is 1.23 bits per heavy atom. The molecule has 176 valence electrons. The van der Waals surface area contributed by atoms with Crippen LogP contribution in [0.4, 0.5) is 0 Å². The summed E-state index contributed by atoms with van der Waals surface area (Å²) in [5.41, 5.74) is 2.79. The van der Waals surface area contributed by atoms with Crippen LogP contribution in [0.1, 0.15) is 39.8 Å². The molecule has 0 spiro atoms. The molecule has 2 atom stereocenters. The summed E-state index contributed by atoms with van der Waals surface area (Å²) in [5, 5.41) is 60.9. The third kappa shape index (κ3) is 4.27. The van der Waals surface area contributed by atoms with Crippen molar-refractivity contribution in [2.75, 3.05) is 0 Å². The fourth-order valence-electron chi connectivity index (χ4n) is 4.43. The molecule has 7 heteroatoms. The molecule has 0 aliphatic carbocycles. The highest BCUT2D eigenvalue weighted by Gasteiger charge is 2.40. The molecule has 0 saturated carbocycles. The molecule has 0 amide bonds. The van der Waals surface area contributed by atoms with E-state index in [9.17, 15) is 30.6 Å². The first-order valence-electron chi connectivity index (χ1n) is 10.8. The average molecular weight is 470 g/mol. The van der Waals surface area contributed by atoms with Gasteiger partial charge in [0, 0.05) is 23.3 Å². The van der Waals surface area contributed by atoms with Crippen LogP contribution in [0.25, 0.3) is 12.2 Å². The predicted octanol–water partition coefficient (Wildman–Crippen LogP) is 5.36. The molecule has 1 aliphatic heterocycles. The lowest BCUT2D eigenvalue weighted by Gasteiger charge is -2.21. The van der Waals surface area contributed by atoms with Crippen LogP contribution in [-0.4, -0.2) is 30.6 Å². The number of rotatable bonds is 4. The van der Waals surface area contributed by atoms with E-state index in [1.54, 1.807) is 42.5 Å². The smallest absolute Gasteiger partial charge is 0.138 e. The van der Waals surface area contributed by atoms with Crippen LogP contribution in [0, 0.1) is 0 Å². The van der Waals surface area contributed by atoms with E-state index in [0.717, 1.165) is 5.56 Å². The molecule has 0 bridgehead atoms. The summed E-state index contributed by atoms with van der Waals surface area (Å²) in [6, 6.07) is 18.3. The molecule has 1 heterocycles. The average Bonchev–Trinajstić information content (AvgIpc) is 3.18. The van der Waals surface area contributed by atoms with Crippen LogP contribution in [0.3, 0.4) is 0 Å². The summed E-state index contributed by atoms with van der Waals surface area (Å²) in [4.78, 5) is 0. The van der Waals surface area contributed by atoms with Crippen molar-refractivity contribution in [2.45, 2.75) is 12.0 Å². The second-order valence-electron chi connectivity index (χ2n) is 8.42. The van der Waals surface area contributed by atoms with Crippen molar-refractivity contribution >= 4 is 12.2 Å². The molecule has 0 saturated heterocycles. The molecular formula is C28H22O7. The standard InChI is InChI=1S/C28H22O7/c29-18-5-3-15(4-6-18)1-2-16-9-24(34)27-25(10-16)35-28(22-8-7-19(30)14-23(22)33)26(27)17-11-20(31)13-21(32)12-17/h1-14,26,28-34H/b2-1+/t26-,28+/m0/s1. The van der Waals surface area contributed by atoms with Crippen molar-refractivity contribution < 1.29 is 35.4 Å². The van der Waals surface area contributed by atoms with Crippen molar-refractivity contribution in [3.63, 3.8) is 0 Å². The van der Waals surface area contributed by atoms with Crippen molar-refractivity contribution in [3.05, 3.63) is 101 Å². The third-order valence-corrected chi connectivity index (χ3v) is 5.98. The van der Waals surface area contributed by atoms with Gasteiger partial charge in [0.1, 0.15) is 46.4 Å². The van der Waals surface area contributed by atoms with Crippen LogP contribution in [-0.2, 0) is 0 Å². The first-order valence-corrected chi connectivity index (χ1v) is 10.8. The molecule has 4 aromatic rings. The Kier molecular flexibility index (Phi) is 5.37. The molecule has 0 radical (unpaired) electrons. The Bertz CT molecular complexity index is 1420. The molecule has 0 fully saturated rings. The van der Waals surface area contributed by atoms with E-state index in [1.807, 2.05) is 6.08 Å². The number of hydrogen-bond acceptors (Lipinski definition) is 7. The number of aromatic hydroxyl groups is 6. The van der Waals surface area contributed by atoms with E-state index in [-0.39, 0.29) is 34.5 Å². The Morgan fingerprint density at radius 1 is 0.571 bits per heavy atom. The molecule has 6 N–H and O–H groups in total. The molecule has 0 aromatic heterocycles. The highest BCUT2D eigenvalue weighted by Crippen LogP contribution is 2.55. The highest BCUT2D eigenvalue weighted by atomic mass is 16.5. The van der Waals surface area contributed by atoms with Crippen LogP contribution in [0.2, 0.25) is 0 Å². The number of phenols is 6. The normalized spacial score (nSPS) is 16.8. The fourth-order valence-corrected chi connectivity index (χ4v) is 4.43. The Balaban J connectivity index is 1.61. The Labute approximate surface area is 200 Å². The monoisotopic (exact) mass is 470 g/mol. The third-order valence-electron chi connectivity index (χ3n) is 5.98. The van der Waals surface area contributed by atoms with Gasteiger partial charge < -0.3 is 35.4 Å². The fraction of sp³-hybridized carbons (Fsp3) is 0.0714. The maximum absolute atomic E-state index is 11.0. The van der Waals surface area contributed by atoms with Crippen molar-refractivity contribution in [3.8, 4) is 40.2 Å². The number of phenolic OH excluding ortho intramolecular Hbond substituents is 6. The van der Waals surface area contributed by atoms with Gasteiger partial charge in [-0.1, -0.05) is 24.3 Å². The Morgan fingerprint density at radius 3 is 1.91 bits per heavy atom. The maximum Gasteiger partial charge on any atom is 0.138 e. The number of ether oxygens (including phenoxy) is 1. The zero-order valence-corrected chi connectivity index (χ0v) is 18.3. The second-order valence-corrected chi connectivity index (χ2v) is 8.42. The van der Waals surface area contributed by atoms with E-state index >= 15 is 0 Å². The lowest BCUT2D eigenvalue weighted by molar-refractivity contribution is 0.217. The summed E-state index contributed by atoms with van der Waals surface area (Å²) in [5.74, 6) is -0.805. The predicted molar refractivity (Wildman–Crippen MR) is 130 cm³/mol. The summed E-state index contributed by atoms with van der Waals surface area (Å²) < 4.78 is 6.22. The second kappa shape index (κ2) is 8.53. The summed E-state index contributed by atoms with van der Waals surface area (Å²) in [6.07, 6.45) is 2.80. The SMILES string of the molecule is Oc1ccc(/C=C/c2cc(O)c3c(c2)O[C@H](c2ccc(O)cc2O)[C@H]3c2cc(O)cc(O)c2)cc1. The molecule has 1 aliphatic rings. The maximum atomic E-state index is 11.0. The van der Waals surface area contributed by atoms with Gasteiger partial charge in [0.05, 0.1) is 5.92 Å². The van der Waals surface area contributed by atoms with Crippen LogP contribution in [0.5, 0.6) is 40.2 Å². The van der Waals surface area contributed by atoms with E-state index < -0.39 is 12.0 Å². The van der Waals surface area contributed by atoms with Crippen molar-refractivity contribution in [1.82, 2.24) is 0 Å². The lowest BCUT2D eigenvalue weighted by Crippen LogP contribution is -2.11. The van der Waals surface area contributed by atoms with Crippen LogP contribution >= 0.6 is 0 Å². The molecule has 7 nitrogen and oxygen atoms in total. The van der Waals surface area contributed by atoms with Crippen LogP contribution in [0.15, 0.2) is 72.8 Å². The van der Waals surface area contributed by atoms with E-state index in [2.05, 4.69) is 0 Å². The molecule has 0 unspecified atom stereocenters. The van der Waals surface area contributed by atoms with Gasteiger partial charge in [-0.15, -0.1) is 0 Å². The minimum Gasteiger partial charge on any atom is -0.508 e. The minimum atomic E-state index is -0.811. The van der Waals surface area contributed by atoms with E-state index in [4.69, 9.17) is 4.74 Å². The van der Waals surface area contributed by atoms with Gasteiger partial charge in [-0.25, -0.2) is 0 Å². The molecule has 5 rings (SSSR count). The zero-order chi connectivity index (χ0) is 24.7. The highest BCUT2D eigenvalue weighted by molar-refractivity contribution is 5.73. The van der Waals surface area contributed by atoms with Gasteiger partial charge in [-0.3, -0.25) is 0 Å². The van der Waals surface area contributed by atoms with Gasteiger partial charge in [0.25, 0.3) is 0 Å². The van der Waals surface area contributed by atoms with E-state index in [1.165, 1.54) is 36.4 Å². The summed E-state index contributed by atoms with van der Waals surface area (Å²) in [7, 11) is 0. The Hall–Kier alpha value is -4.78. The number of hydrogen-bond donors (Lipinski definition) is 6. The topological polar surface area (TPSA) is 131 Å². The van der Waals surface area contributed by atoms with Gasteiger partial charge in [-0.05, 0) is 65.2 Å². The summed E-state index contributed by atoms with van der Waals surface area (Å²) >= 11 is 0. The van der Waals surface area contributed by atoms with E-state index in [0.29, 0.717) is 28.0 Å². The van der Waals surface area contributed by atoms with Gasteiger partial charge >= 0.3 is 0 Å². The molecule has 35 heavy (non-hydrogen) atoms. The quantitative estimate of drug-likeness (QED) is 0.222. The minimum absolute atomic E-state index is 0.0542. The lowest BCUT2D eigenvalue weighted by atomic mass is 9.84. The van der Waals surface area contributed by atoms with Crippen LogP contribution < -0.4 is 4.74 Å². The van der Waals surface area contributed by atoms with Gasteiger partial charge in [0.2, 0.25) is 0 Å².